The molecular weight excluding hydrogens is 393 g/mol. The average molecular weight is 412 g/mol. The first-order chi connectivity index (χ1) is 13.1. The van der Waals surface area contributed by atoms with Gasteiger partial charge >= 0.3 is 6.18 Å². The molecule has 9 heteroatoms. The summed E-state index contributed by atoms with van der Waals surface area (Å²) < 4.78 is 62.1. The SMILES string of the molecule is O=C(Nc1cccc(C(F)(F)F)c1)C(NC1CCS(=O)(=O)C1)c1ccccc1. The first kappa shape index (κ1) is 20.3. The van der Waals surface area contributed by atoms with E-state index in [9.17, 15) is 26.4 Å². The van der Waals surface area contributed by atoms with Gasteiger partial charge in [-0.05, 0) is 30.2 Å². The van der Waals surface area contributed by atoms with Gasteiger partial charge in [-0.25, -0.2) is 8.42 Å². The summed E-state index contributed by atoms with van der Waals surface area (Å²) in [4.78, 5) is 12.8. The Morgan fingerprint density at radius 1 is 1.07 bits per heavy atom. The van der Waals surface area contributed by atoms with Crippen LogP contribution in [0.4, 0.5) is 18.9 Å². The van der Waals surface area contributed by atoms with E-state index in [0.717, 1.165) is 12.1 Å². The van der Waals surface area contributed by atoms with Gasteiger partial charge in [-0.3, -0.25) is 10.1 Å². The van der Waals surface area contributed by atoms with E-state index in [1.54, 1.807) is 30.3 Å². The van der Waals surface area contributed by atoms with E-state index in [1.807, 2.05) is 0 Å². The van der Waals surface area contributed by atoms with Crippen molar-refractivity contribution in [3.8, 4) is 0 Å². The van der Waals surface area contributed by atoms with E-state index in [-0.39, 0.29) is 17.2 Å². The number of rotatable bonds is 5. The van der Waals surface area contributed by atoms with Gasteiger partial charge in [-0.1, -0.05) is 36.4 Å². The van der Waals surface area contributed by atoms with Gasteiger partial charge in [0.2, 0.25) is 5.91 Å². The molecule has 2 N–H and O–H groups in total. The Labute approximate surface area is 160 Å². The summed E-state index contributed by atoms with van der Waals surface area (Å²) in [7, 11) is -3.15. The molecule has 1 aliphatic rings. The van der Waals surface area contributed by atoms with Gasteiger partial charge in [-0.15, -0.1) is 0 Å². The molecule has 1 saturated heterocycles. The number of nitrogens with one attached hydrogen (secondary N) is 2. The molecule has 5 nitrogen and oxygen atoms in total. The first-order valence-electron chi connectivity index (χ1n) is 8.64. The van der Waals surface area contributed by atoms with Crippen LogP contribution in [0.3, 0.4) is 0 Å². The predicted octanol–water partition coefficient (Wildman–Crippen LogP) is 3.16. The average Bonchev–Trinajstić information content (AvgIpc) is 2.98. The second-order valence-electron chi connectivity index (χ2n) is 6.68. The lowest BCUT2D eigenvalue weighted by atomic mass is 10.0. The summed E-state index contributed by atoms with van der Waals surface area (Å²) in [5.74, 6) is -0.593. The zero-order valence-corrected chi connectivity index (χ0v) is 15.6. The molecule has 0 saturated carbocycles. The molecular formula is C19H19F3N2O3S. The number of anilines is 1. The standard InChI is InChI=1S/C19H19F3N2O3S/c20-19(21,22)14-7-4-8-15(11-14)24-18(25)17(13-5-2-1-3-6-13)23-16-9-10-28(26,27)12-16/h1-8,11,16-17,23H,9-10,12H2,(H,24,25). The zero-order valence-electron chi connectivity index (χ0n) is 14.7. The minimum atomic E-state index is -4.52. The zero-order chi connectivity index (χ0) is 20.4. The third-order valence-electron chi connectivity index (χ3n) is 4.49. The van der Waals surface area contributed by atoms with E-state index in [2.05, 4.69) is 10.6 Å². The van der Waals surface area contributed by atoms with Gasteiger partial charge in [0.15, 0.2) is 9.84 Å². The fourth-order valence-corrected chi connectivity index (χ4v) is 4.80. The number of sulfone groups is 1. The lowest BCUT2D eigenvalue weighted by Gasteiger charge is -2.22. The van der Waals surface area contributed by atoms with Crippen LogP contribution in [-0.4, -0.2) is 31.9 Å². The highest BCUT2D eigenvalue weighted by atomic mass is 32.2. The van der Waals surface area contributed by atoms with Crippen LogP contribution in [0.1, 0.15) is 23.6 Å². The lowest BCUT2D eigenvalue weighted by molar-refractivity contribution is -0.137. The molecule has 0 aliphatic carbocycles. The smallest absolute Gasteiger partial charge is 0.324 e. The van der Waals surface area contributed by atoms with Crippen LogP contribution in [0.2, 0.25) is 0 Å². The highest BCUT2D eigenvalue weighted by Crippen LogP contribution is 2.31. The fraction of sp³-hybridized carbons (Fsp3) is 0.316. The number of carbonyl (C=O) groups excluding carboxylic acids is 1. The third kappa shape index (κ3) is 5.11. The molecule has 2 atom stereocenters. The molecule has 2 aromatic rings. The van der Waals surface area contributed by atoms with Gasteiger partial charge in [-0.2, -0.15) is 13.2 Å². The van der Waals surface area contributed by atoms with E-state index in [1.165, 1.54) is 12.1 Å². The lowest BCUT2D eigenvalue weighted by Crippen LogP contribution is -2.40. The van der Waals surface area contributed by atoms with Crippen molar-refractivity contribution in [3.63, 3.8) is 0 Å². The van der Waals surface area contributed by atoms with Crippen molar-refractivity contribution in [1.82, 2.24) is 5.32 Å². The number of hydrogen-bond donors (Lipinski definition) is 2. The van der Waals surface area contributed by atoms with Crippen molar-refractivity contribution in [2.24, 2.45) is 0 Å². The Balaban J connectivity index is 1.81. The van der Waals surface area contributed by atoms with E-state index < -0.39 is 39.6 Å². The van der Waals surface area contributed by atoms with Crippen molar-refractivity contribution < 1.29 is 26.4 Å². The van der Waals surface area contributed by atoms with Crippen molar-refractivity contribution in [3.05, 3.63) is 65.7 Å². The molecule has 0 spiro atoms. The number of amides is 1. The van der Waals surface area contributed by atoms with Crippen LogP contribution in [0, 0.1) is 0 Å². The van der Waals surface area contributed by atoms with Crippen LogP contribution in [0.15, 0.2) is 54.6 Å². The number of hydrogen-bond acceptors (Lipinski definition) is 4. The highest BCUT2D eigenvalue weighted by molar-refractivity contribution is 7.91. The van der Waals surface area contributed by atoms with E-state index >= 15 is 0 Å². The largest absolute Gasteiger partial charge is 0.416 e. The predicted molar refractivity (Wildman–Crippen MR) is 99.5 cm³/mol. The molecule has 1 aliphatic heterocycles. The molecule has 1 heterocycles. The Kier molecular flexibility index (Phi) is 5.76. The Morgan fingerprint density at radius 2 is 1.79 bits per heavy atom. The fourth-order valence-electron chi connectivity index (χ4n) is 3.12. The summed E-state index contributed by atoms with van der Waals surface area (Å²) in [6, 6.07) is 11.7. The van der Waals surface area contributed by atoms with Crippen LogP contribution in [0.5, 0.6) is 0 Å². The molecule has 1 amide bonds. The van der Waals surface area contributed by atoms with Gasteiger partial charge in [0.05, 0.1) is 17.1 Å². The monoisotopic (exact) mass is 412 g/mol. The second-order valence-corrected chi connectivity index (χ2v) is 8.91. The normalized spacial score (nSPS) is 19.9. The molecule has 150 valence electrons. The van der Waals surface area contributed by atoms with E-state index in [4.69, 9.17) is 0 Å². The molecule has 3 rings (SSSR count). The highest BCUT2D eigenvalue weighted by Gasteiger charge is 2.33. The maximum Gasteiger partial charge on any atom is 0.416 e. The van der Waals surface area contributed by atoms with Crippen molar-refractivity contribution >= 4 is 21.4 Å². The molecule has 1 fully saturated rings. The molecule has 0 radical (unpaired) electrons. The summed E-state index contributed by atoms with van der Waals surface area (Å²) in [6.07, 6.45) is -4.14. The molecule has 2 unspecified atom stereocenters. The summed E-state index contributed by atoms with van der Waals surface area (Å²) >= 11 is 0. The van der Waals surface area contributed by atoms with Crippen LogP contribution >= 0.6 is 0 Å². The van der Waals surface area contributed by atoms with Gasteiger partial charge in [0, 0.05) is 11.7 Å². The van der Waals surface area contributed by atoms with Gasteiger partial charge < -0.3 is 5.32 Å². The van der Waals surface area contributed by atoms with Crippen molar-refractivity contribution in [2.75, 3.05) is 16.8 Å². The summed E-state index contributed by atoms with van der Waals surface area (Å²) in [5, 5.41) is 5.54. The number of carbonyl (C=O) groups is 1. The third-order valence-corrected chi connectivity index (χ3v) is 6.26. The molecule has 2 aromatic carbocycles. The maximum absolute atomic E-state index is 12.9. The molecule has 0 aromatic heterocycles. The first-order valence-corrected chi connectivity index (χ1v) is 10.5. The topological polar surface area (TPSA) is 75.3 Å². The van der Waals surface area contributed by atoms with Crippen molar-refractivity contribution in [2.45, 2.75) is 24.7 Å². The Bertz CT molecular complexity index is 946. The Morgan fingerprint density at radius 3 is 2.39 bits per heavy atom. The number of alkyl halides is 3. The van der Waals surface area contributed by atoms with Crippen LogP contribution in [-0.2, 0) is 20.8 Å². The van der Waals surface area contributed by atoms with Crippen LogP contribution in [0.25, 0.3) is 0 Å². The van der Waals surface area contributed by atoms with Gasteiger partial charge in [0.25, 0.3) is 0 Å². The maximum atomic E-state index is 12.9. The van der Waals surface area contributed by atoms with Gasteiger partial charge in [0.1, 0.15) is 6.04 Å². The quantitative estimate of drug-likeness (QED) is 0.791. The van der Waals surface area contributed by atoms with E-state index in [0.29, 0.717) is 12.0 Å². The molecule has 0 bridgehead atoms. The second kappa shape index (κ2) is 7.92. The number of halogens is 3. The Hall–Kier alpha value is -2.39. The number of benzene rings is 2. The summed E-state index contributed by atoms with van der Waals surface area (Å²) in [5.41, 5.74) is -0.255. The van der Waals surface area contributed by atoms with Crippen LogP contribution < -0.4 is 10.6 Å². The van der Waals surface area contributed by atoms with Crippen molar-refractivity contribution in [1.29, 1.82) is 0 Å². The minimum absolute atomic E-state index is 0.0154. The molecule has 28 heavy (non-hydrogen) atoms. The minimum Gasteiger partial charge on any atom is -0.324 e. The summed E-state index contributed by atoms with van der Waals surface area (Å²) in [6.45, 7) is 0.